The van der Waals surface area contributed by atoms with Gasteiger partial charge < -0.3 is 9.30 Å². The maximum atomic E-state index is 14.6. The first-order valence-electron chi connectivity index (χ1n) is 13.9. The molecular weight excluding hydrogens is 630 g/mol. The summed E-state index contributed by atoms with van der Waals surface area (Å²) in [6.07, 6.45) is -3.40. The van der Waals surface area contributed by atoms with Gasteiger partial charge in [0, 0.05) is 32.7 Å². The van der Waals surface area contributed by atoms with Crippen molar-refractivity contribution in [3.05, 3.63) is 137 Å². The standard InChI is InChI=1S/C33H24ClF4N3O3S/c1-3-44-31(43)27-28(19-12-14-21(34)15-13-19)41-30(42)26(45-32(41)39-29(27)33(36,37)38)16-23-18(2)40(25-11-7-5-9-22(23)25)17-20-8-4-6-10-24(20)35/h4-16,28H,3,17H2,1-2H3/b26-16-/t28-/m0/s1. The van der Waals surface area contributed by atoms with Gasteiger partial charge in [-0.3, -0.25) is 9.36 Å². The number of halogens is 5. The van der Waals surface area contributed by atoms with Crippen LogP contribution in [0.1, 0.15) is 35.3 Å². The Balaban J connectivity index is 1.60. The van der Waals surface area contributed by atoms with E-state index in [1.54, 1.807) is 24.3 Å². The van der Waals surface area contributed by atoms with E-state index in [0.717, 1.165) is 32.5 Å². The van der Waals surface area contributed by atoms with Gasteiger partial charge in [0.1, 0.15) is 5.82 Å². The molecule has 6 rings (SSSR count). The first-order chi connectivity index (χ1) is 21.5. The second-order valence-corrected chi connectivity index (χ2v) is 11.8. The Morgan fingerprint density at radius 3 is 2.44 bits per heavy atom. The second kappa shape index (κ2) is 11.8. The van der Waals surface area contributed by atoms with Crippen LogP contribution < -0.4 is 14.9 Å². The zero-order valence-corrected chi connectivity index (χ0v) is 25.4. The normalized spacial score (nSPS) is 15.4. The SMILES string of the molecule is CCOC(=O)C1=C(C(F)(F)F)N=c2s/c(=C\c3c(C)n(Cc4ccccc4F)c4ccccc34)c(=O)n2[C@H]1c1ccc(Cl)cc1. The molecule has 12 heteroatoms. The molecule has 0 aliphatic carbocycles. The highest BCUT2D eigenvalue weighted by molar-refractivity contribution is 7.07. The largest absolute Gasteiger partial charge is 0.463 e. The van der Waals surface area contributed by atoms with Gasteiger partial charge in [0.15, 0.2) is 10.5 Å². The number of thiazole rings is 1. The predicted octanol–water partition coefficient (Wildman–Crippen LogP) is 6.44. The Morgan fingerprint density at radius 1 is 1.07 bits per heavy atom. The number of alkyl halides is 3. The highest BCUT2D eigenvalue weighted by Crippen LogP contribution is 2.38. The molecule has 0 N–H and O–H groups in total. The Kier molecular flexibility index (Phi) is 8.00. The lowest BCUT2D eigenvalue weighted by Gasteiger charge is -2.26. The van der Waals surface area contributed by atoms with Gasteiger partial charge in [-0.2, -0.15) is 13.2 Å². The molecule has 1 atom stereocenters. The second-order valence-electron chi connectivity index (χ2n) is 10.3. The van der Waals surface area contributed by atoms with E-state index in [4.69, 9.17) is 16.3 Å². The lowest BCUT2D eigenvalue weighted by Crippen LogP contribution is -2.41. The van der Waals surface area contributed by atoms with E-state index < -0.39 is 35.0 Å². The number of aromatic nitrogens is 2. The molecule has 0 fully saturated rings. The number of nitrogens with zero attached hydrogens (tertiary/aromatic N) is 3. The molecule has 0 unspecified atom stereocenters. The van der Waals surface area contributed by atoms with Gasteiger partial charge in [-0.1, -0.05) is 71.5 Å². The summed E-state index contributed by atoms with van der Waals surface area (Å²) in [4.78, 5) is 30.8. The number of para-hydroxylation sites is 1. The van der Waals surface area contributed by atoms with Crippen LogP contribution in [0.25, 0.3) is 17.0 Å². The minimum absolute atomic E-state index is 0.108. The summed E-state index contributed by atoms with van der Waals surface area (Å²) in [5.74, 6) is -1.58. The van der Waals surface area contributed by atoms with Crippen LogP contribution in [0.5, 0.6) is 0 Å². The van der Waals surface area contributed by atoms with Crippen LogP contribution in [-0.4, -0.2) is 27.9 Å². The Labute approximate surface area is 262 Å². The average Bonchev–Trinajstić information content (AvgIpc) is 3.46. The summed E-state index contributed by atoms with van der Waals surface area (Å²) in [6.45, 7) is 3.36. The summed E-state index contributed by atoms with van der Waals surface area (Å²) >= 11 is 6.84. The van der Waals surface area contributed by atoms with Crippen molar-refractivity contribution in [1.29, 1.82) is 0 Å². The summed E-state index contributed by atoms with van der Waals surface area (Å²) in [6, 6.07) is 18.2. The number of esters is 1. The van der Waals surface area contributed by atoms with Crippen molar-refractivity contribution in [1.82, 2.24) is 9.13 Å². The molecule has 6 nitrogen and oxygen atoms in total. The molecule has 0 spiro atoms. The lowest BCUT2D eigenvalue weighted by molar-refractivity contribution is -0.140. The van der Waals surface area contributed by atoms with Crippen LogP contribution in [0, 0.1) is 12.7 Å². The van der Waals surface area contributed by atoms with Gasteiger partial charge >= 0.3 is 12.1 Å². The molecule has 1 aliphatic rings. The molecule has 2 aromatic heterocycles. The highest BCUT2D eigenvalue weighted by atomic mass is 35.5. The Hall–Kier alpha value is -4.48. The molecule has 45 heavy (non-hydrogen) atoms. The number of hydrogen-bond acceptors (Lipinski definition) is 5. The quantitative estimate of drug-likeness (QED) is 0.156. The maximum absolute atomic E-state index is 14.6. The number of allylic oxidation sites excluding steroid dienone is 1. The summed E-state index contributed by atoms with van der Waals surface area (Å²) in [5, 5.41) is 1.10. The molecular formula is C33H24ClF4N3O3S. The fraction of sp³-hybridized carbons (Fsp3) is 0.182. The molecule has 1 aliphatic heterocycles. The number of carbonyl (C=O) groups excluding carboxylic acids is 1. The Morgan fingerprint density at radius 2 is 1.76 bits per heavy atom. The summed E-state index contributed by atoms with van der Waals surface area (Å²) in [5.41, 5.74) is 0.0199. The van der Waals surface area contributed by atoms with Crippen molar-refractivity contribution in [3.8, 4) is 0 Å². The monoisotopic (exact) mass is 653 g/mol. The van der Waals surface area contributed by atoms with E-state index in [1.165, 1.54) is 37.3 Å². The van der Waals surface area contributed by atoms with Crippen molar-refractivity contribution in [2.45, 2.75) is 32.6 Å². The summed E-state index contributed by atoms with van der Waals surface area (Å²) in [7, 11) is 0. The smallest absolute Gasteiger partial charge is 0.434 e. The van der Waals surface area contributed by atoms with Gasteiger partial charge in [0.2, 0.25) is 0 Å². The predicted molar refractivity (Wildman–Crippen MR) is 164 cm³/mol. The first kappa shape index (κ1) is 30.5. The number of hydrogen-bond donors (Lipinski definition) is 0. The lowest BCUT2D eigenvalue weighted by atomic mass is 9.95. The third-order valence-electron chi connectivity index (χ3n) is 7.62. The van der Waals surface area contributed by atoms with Crippen LogP contribution in [0.4, 0.5) is 17.6 Å². The van der Waals surface area contributed by atoms with Gasteiger partial charge in [0.25, 0.3) is 5.56 Å². The van der Waals surface area contributed by atoms with Gasteiger partial charge in [-0.15, -0.1) is 0 Å². The van der Waals surface area contributed by atoms with Crippen LogP contribution >= 0.6 is 22.9 Å². The van der Waals surface area contributed by atoms with Crippen molar-refractivity contribution in [3.63, 3.8) is 0 Å². The molecule has 3 aromatic carbocycles. The number of fused-ring (bicyclic) bond motifs is 2. The maximum Gasteiger partial charge on any atom is 0.434 e. The van der Waals surface area contributed by atoms with E-state index in [9.17, 15) is 27.2 Å². The third kappa shape index (κ3) is 5.51. The zero-order chi connectivity index (χ0) is 32.0. The van der Waals surface area contributed by atoms with Crippen molar-refractivity contribution >= 4 is 45.9 Å². The minimum atomic E-state index is -5.02. The van der Waals surface area contributed by atoms with E-state index in [2.05, 4.69) is 4.99 Å². The molecule has 0 radical (unpaired) electrons. The van der Waals surface area contributed by atoms with Gasteiger partial charge in [-0.05, 0) is 49.8 Å². The van der Waals surface area contributed by atoms with E-state index in [0.29, 0.717) is 16.1 Å². The zero-order valence-electron chi connectivity index (χ0n) is 23.9. The Bertz CT molecular complexity index is 2180. The fourth-order valence-corrected chi connectivity index (χ4v) is 6.68. The van der Waals surface area contributed by atoms with Crippen molar-refractivity contribution < 1.29 is 27.1 Å². The molecule has 230 valence electrons. The highest BCUT2D eigenvalue weighted by Gasteiger charge is 2.45. The molecule has 3 heterocycles. The van der Waals surface area contributed by atoms with Crippen LogP contribution in [0.15, 0.2) is 93.9 Å². The number of rotatable bonds is 6. The van der Waals surface area contributed by atoms with Crippen LogP contribution in [0.2, 0.25) is 5.02 Å². The fourth-order valence-electron chi connectivity index (χ4n) is 5.57. The van der Waals surface area contributed by atoms with Crippen molar-refractivity contribution in [2.24, 2.45) is 4.99 Å². The van der Waals surface area contributed by atoms with E-state index in [-0.39, 0.29) is 33.9 Å². The molecule has 0 saturated carbocycles. The molecule has 0 saturated heterocycles. The van der Waals surface area contributed by atoms with Crippen LogP contribution in [-0.2, 0) is 16.1 Å². The van der Waals surface area contributed by atoms with Gasteiger partial charge in [0.05, 0.1) is 29.3 Å². The molecule has 5 aromatic rings. The summed E-state index contributed by atoms with van der Waals surface area (Å²) < 4.78 is 66.0. The third-order valence-corrected chi connectivity index (χ3v) is 8.86. The first-order valence-corrected chi connectivity index (χ1v) is 15.1. The number of carbonyl (C=O) groups is 1. The topological polar surface area (TPSA) is 65.6 Å². The van der Waals surface area contributed by atoms with Crippen LogP contribution in [0.3, 0.4) is 0 Å². The number of benzene rings is 3. The van der Waals surface area contributed by atoms with E-state index >= 15 is 0 Å². The number of ether oxygens (including phenoxy) is 1. The van der Waals surface area contributed by atoms with Gasteiger partial charge in [-0.25, -0.2) is 14.2 Å². The molecule has 0 amide bonds. The van der Waals surface area contributed by atoms with Crippen molar-refractivity contribution in [2.75, 3.05) is 6.61 Å². The molecule has 0 bridgehead atoms. The average molecular weight is 654 g/mol. The minimum Gasteiger partial charge on any atom is -0.463 e. The van der Waals surface area contributed by atoms with E-state index in [1.807, 2.05) is 35.8 Å².